The Balaban J connectivity index is 1.85. The van der Waals surface area contributed by atoms with Crippen molar-refractivity contribution in [3.63, 3.8) is 0 Å². The SMILES string of the molecule is Nc1c(CO)cnc(=O)n1[C@]1(O)O[C@H](CO[C@H]2O[C@H](CO)[C@@H](O)[C@H](O)[C@H]2O)[C@@H](O)[C@H](O)[C@H]1O. The molecule has 188 valence electrons. The highest BCUT2D eigenvalue weighted by Crippen LogP contribution is 2.34. The summed E-state index contributed by atoms with van der Waals surface area (Å²) in [6, 6.07) is 0. The molecule has 2 fully saturated rings. The normalized spacial score (nSPS) is 41.8. The molecule has 1 aromatic heterocycles. The number of nitrogen functional groups attached to an aromatic ring is 1. The molecule has 0 aromatic carbocycles. The number of anilines is 1. The number of rotatable bonds is 6. The zero-order valence-corrected chi connectivity index (χ0v) is 17.0. The molecule has 0 amide bonds. The molecule has 11 N–H and O–H groups in total. The van der Waals surface area contributed by atoms with Gasteiger partial charge >= 0.3 is 5.69 Å². The average molecular weight is 481 g/mol. The van der Waals surface area contributed by atoms with Crippen LogP contribution in [0.3, 0.4) is 0 Å². The summed E-state index contributed by atoms with van der Waals surface area (Å²) in [7, 11) is 0. The van der Waals surface area contributed by atoms with Crippen LogP contribution in [0.5, 0.6) is 0 Å². The largest absolute Gasteiger partial charge is 0.394 e. The number of nitrogens with zero attached hydrogens (tertiary/aromatic N) is 2. The molecule has 10 atom stereocenters. The van der Waals surface area contributed by atoms with Crippen molar-refractivity contribution < 1.29 is 60.2 Å². The van der Waals surface area contributed by atoms with E-state index in [0.717, 1.165) is 6.20 Å². The van der Waals surface area contributed by atoms with Crippen molar-refractivity contribution in [3.8, 4) is 0 Å². The van der Waals surface area contributed by atoms with Crippen LogP contribution in [0.25, 0.3) is 0 Å². The second-order valence-corrected chi connectivity index (χ2v) is 7.72. The van der Waals surface area contributed by atoms with Gasteiger partial charge in [-0.3, -0.25) is 0 Å². The fraction of sp³-hybridized carbons (Fsp3) is 0.765. The molecule has 16 heteroatoms. The molecule has 1 aromatic rings. The Kier molecular flexibility index (Phi) is 7.68. The lowest BCUT2D eigenvalue weighted by molar-refractivity contribution is -0.398. The molecule has 0 bridgehead atoms. The molecule has 0 saturated carbocycles. The van der Waals surface area contributed by atoms with Gasteiger partial charge in [-0.2, -0.15) is 0 Å². The predicted molar refractivity (Wildman–Crippen MR) is 102 cm³/mol. The van der Waals surface area contributed by atoms with Crippen molar-refractivity contribution >= 4 is 5.82 Å². The van der Waals surface area contributed by atoms with Gasteiger partial charge in [0.05, 0.1) is 19.8 Å². The first-order chi connectivity index (χ1) is 15.5. The van der Waals surface area contributed by atoms with Gasteiger partial charge in [0.15, 0.2) is 12.4 Å². The van der Waals surface area contributed by atoms with Gasteiger partial charge < -0.3 is 65.9 Å². The predicted octanol–water partition coefficient (Wildman–Crippen LogP) is -6.78. The minimum Gasteiger partial charge on any atom is -0.394 e. The monoisotopic (exact) mass is 481 g/mol. The van der Waals surface area contributed by atoms with Crippen LogP contribution >= 0.6 is 0 Å². The number of hydrogen-bond acceptors (Lipinski definition) is 15. The van der Waals surface area contributed by atoms with Crippen LogP contribution in [0, 0.1) is 0 Å². The van der Waals surface area contributed by atoms with Crippen LogP contribution in [0.1, 0.15) is 5.56 Å². The molecule has 0 radical (unpaired) electrons. The van der Waals surface area contributed by atoms with Crippen LogP contribution in [-0.4, -0.2) is 124 Å². The van der Waals surface area contributed by atoms with Crippen molar-refractivity contribution in [3.05, 3.63) is 22.2 Å². The molecule has 16 nitrogen and oxygen atoms in total. The molecule has 0 aliphatic carbocycles. The molecule has 3 heterocycles. The van der Waals surface area contributed by atoms with Gasteiger partial charge in [0, 0.05) is 11.8 Å². The summed E-state index contributed by atoms with van der Waals surface area (Å²) in [5, 5.41) is 90.1. The minimum atomic E-state index is -3.07. The maximum atomic E-state index is 12.3. The third kappa shape index (κ3) is 4.48. The zero-order chi connectivity index (χ0) is 24.7. The summed E-state index contributed by atoms with van der Waals surface area (Å²) in [5.41, 5.74) is 4.44. The van der Waals surface area contributed by atoms with Gasteiger partial charge in [-0.15, -0.1) is 0 Å². The summed E-state index contributed by atoms with van der Waals surface area (Å²) in [6.45, 7) is -2.17. The van der Waals surface area contributed by atoms with Crippen molar-refractivity contribution in [1.29, 1.82) is 0 Å². The smallest absolute Gasteiger partial charge is 0.353 e. The molecule has 0 spiro atoms. The fourth-order valence-corrected chi connectivity index (χ4v) is 3.64. The number of aliphatic hydroxyl groups excluding tert-OH is 8. The lowest BCUT2D eigenvalue weighted by atomic mass is 9.96. The summed E-state index contributed by atoms with van der Waals surface area (Å²) < 4.78 is 16.0. The van der Waals surface area contributed by atoms with Gasteiger partial charge in [-0.1, -0.05) is 0 Å². The van der Waals surface area contributed by atoms with Gasteiger partial charge in [0.2, 0.25) is 0 Å². The number of aromatic nitrogens is 2. The summed E-state index contributed by atoms with van der Waals surface area (Å²) in [6.07, 6.45) is -15.2. The molecule has 2 aliphatic rings. The van der Waals surface area contributed by atoms with Crippen LogP contribution in [0.2, 0.25) is 0 Å². The van der Waals surface area contributed by atoms with E-state index in [1.807, 2.05) is 0 Å². The van der Waals surface area contributed by atoms with Crippen LogP contribution in [0.15, 0.2) is 11.0 Å². The molecule has 0 unspecified atom stereocenters. The van der Waals surface area contributed by atoms with Crippen molar-refractivity contribution in [2.45, 2.75) is 67.6 Å². The molecule has 2 saturated heterocycles. The molecule has 2 aliphatic heterocycles. The minimum absolute atomic E-state index is 0.117. The van der Waals surface area contributed by atoms with Gasteiger partial charge in [0.25, 0.3) is 5.91 Å². The van der Waals surface area contributed by atoms with Gasteiger partial charge in [0.1, 0.15) is 48.5 Å². The van der Waals surface area contributed by atoms with Crippen molar-refractivity contribution in [2.24, 2.45) is 0 Å². The van der Waals surface area contributed by atoms with E-state index in [1.54, 1.807) is 0 Å². The van der Waals surface area contributed by atoms with E-state index in [9.17, 15) is 50.8 Å². The standard InChI is InChI=1S/C17H27N3O13/c18-14-5(2-21)1-19-16(29)20(14)17(30)13(28)11(26)9(24)7(33-17)4-31-15-12(27)10(25)8(23)6(3-22)32-15/h1,6-13,15,21-28,30H,2-4,18H2/t6-,7-,8-,9-,10+,11+,12-,13-,15+,17-/m1/s1. The van der Waals surface area contributed by atoms with Crippen LogP contribution < -0.4 is 11.4 Å². The lowest BCUT2D eigenvalue weighted by Crippen LogP contribution is -2.68. The van der Waals surface area contributed by atoms with Crippen LogP contribution in [0.4, 0.5) is 5.82 Å². The van der Waals surface area contributed by atoms with E-state index >= 15 is 0 Å². The maximum absolute atomic E-state index is 12.3. The van der Waals surface area contributed by atoms with Crippen molar-refractivity contribution in [2.75, 3.05) is 18.9 Å². The van der Waals surface area contributed by atoms with Gasteiger partial charge in [-0.05, 0) is 0 Å². The first kappa shape index (κ1) is 25.8. The molecular formula is C17H27N3O13. The summed E-state index contributed by atoms with van der Waals surface area (Å²) in [4.78, 5) is 15.7. The fourth-order valence-electron chi connectivity index (χ4n) is 3.64. The Hall–Kier alpha value is -1.80. The molecular weight excluding hydrogens is 454 g/mol. The highest BCUT2D eigenvalue weighted by atomic mass is 16.7. The summed E-state index contributed by atoms with van der Waals surface area (Å²) in [5.74, 6) is -3.61. The number of aliphatic hydroxyl groups is 9. The van der Waals surface area contributed by atoms with E-state index < -0.39 is 92.4 Å². The highest BCUT2D eigenvalue weighted by molar-refractivity contribution is 5.38. The van der Waals surface area contributed by atoms with Crippen LogP contribution in [-0.2, 0) is 26.7 Å². The van der Waals surface area contributed by atoms with Gasteiger partial charge in [-0.25, -0.2) is 14.3 Å². The van der Waals surface area contributed by atoms with E-state index in [1.165, 1.54) is 0 Å². The number of hydrogen-bond donors (Lipinski definition) is 10. The van der Waals surface area contributed by atoms with E-state index in [4.69, 9.17) is 19.9 Å². The second-order valence-electron chi connectivity index (χ2n) is 7.72. The van der Waals surface area contributed by atoms with E-state index in [-0.39, 0.29) is 10.1 Å². The third-order valence-corrected chi connectivity index (χ3v) is 5.62. The first-order valence-corrected chi connectivity index (χ1v) is 9.82. The Bertz CT molecular complexity index is 884. The molecule has 3 rings (SSSR count). The number of nitrogens with two attached hydrogens (primary N) is 1. The highest BCUT2D eigenvalue weighted by Gasteiger charge is 2.56. The lowest BCUT2D eigenvalue weighted by Gasteiger charge is -2.46. The number of ether oxygens (including phenoxy) is 3. The Morgan fingerprint density at radius 3 is 2.27 bits per heavy atom. The second kappa shape index (κ2) is 9.82. The Morgan fingerprint density at radius 2 is 1.67 bits per heavy atom. The third-order valence-electron chi connectivity index (χ3n) is 5.62. The summed E-state index contributed by atoms with van der Waals surface area (Å²) >= 11 is 0. The topological polar surface area (TPSA) is 271 Å². The van der Waals surface area contributed by atoms with E-state index in [0.29, 0.717) is 0 Å². The quantitative estimate of drug-likeness (QED) is 0.181. The Labute approximate surface area is 185 Å². The Morgan fingerprint density at radius 1 is 1.03 bits per heavy atom. The molecule has 33 heavy (non-hydrogen) atoms. The zero-order valence-electron chi connectivity index (χ0n) is 17.0. The van der Waals surface area contributed by atoms with E-state index in [2.05, 4.69) is 4.98 Å². The van der Waals surface area contributed by atoms with Crippen molar-refractivity contribution in [1.82, 2.24) is 9.55 Å². The maximum Gasteiger partial charge on any atom is 0.353 e. The average Bonchev–Trinajstić information content (AvgIpc) is 2.79. The first-order valence-electron chi connectivity index (χ1n) is 9.82.